The largest absolute Gasteiger partial charge is 0.416 e. The van der Waals surface area contributed by atoms with Crippen LogP contribution in [0.4, 0.5) is 18.9 Å². The Morgan fingerprint density at radius 3 is 2.55 bits per heavy atom. The van der Waals surface area contributed by atoms with Gasteiger partial charge in [0.15, 0.2) is 0 Å². The van der Waals surface area contributed by atoms with Gasteiger partial charge in [0.25, 0.3) is 11.8 Å². The number of hydrogen-bond acceptors (Lipinski definition) is 3. The molecule has 3 rings (SSSR count). The summed E-state index contributed by atoms with van der Waals surface area (Å²) in [6, 6.07) is 8.74. The molecule has 0 atom stereocenters. The molecule has 2 aromatic rings. The van der Waals surface area contributed by atoms with E-state index in [9.17, 15) is 27.6 Å². The minimum Gasteiger partial charge on any atom is -0.353 e. The van der Waals surface area contributed by atoms with Crippen molar-refractivity contribution in [3.63, 3.8) is 0 Å². The van der Waals surface area contributed by atoms with Crippen molar-refractivity contribution in [2.24, 2.45) is 0 Å². The second-order valence-electron chi connectivity index (χ2n) is 6.64. The summed E-state index contributed by atoms with van der Waals surface area (Å²) in [5.74, 6) is -1.34. The highest BCUT2D eigenvalue weighted by atomic mass is 19.4. The van der Waals surface area contributed by atoms with E-state index >= 15 is 0 Å². The van der Waals surface area contributed by atoms with Crippen LogP contribution >= 0.6 is 0 Å². The monoisotopic (exact) mass is 405 g/mol. The van der Waals surface area contributed by atoms with Crippen molar-refractivity contribution < 1.29 is 27.6 Å². The minimum absolute atomic E-state index is 0.0569. The molecule has 29 heavy (non-hydrogen) atoms. The summed E-state index contributed by atoms with van der Waals surface area (Å²) in [4.78, 5) is 38.0. The van der Waals surface area contributed by atoms with Crippen LogP contribution in [0.25, 0.3) is 0 Å². The Morgan fingerprint density at radius 1 is 1.10 bits per heavy atom. The third kappa shape index (κ3) is 4.74. The first-order valence-corrected chi connectivity index (χ1v) is 8.80. The zero-order valence-electron chi connectivity index (χ0n) is 15.5. The lowest BCUT2D eigenvalue weighted by molar-refractivity contribution is -0.137. The number of carbonyl (C=O) groups is 3. The van der Waals surface area contributed by atoms with Crippen molar-refractivity contribution in [2.75, 3.05) is 25.0 Å². The molecule has 6 nitrogen and oxygen atoms in total. The molecule has 1 aliphatic rings. The zero-order valence-corrected chi connectivity index (χ0v) is 15.5. The summed E-state index contributed by atoms with van der Waals surface area (Å²) >= 11 is 0. The summed E-state index contributed by atoms with van der Waals surface area (Å²) in [6.45, 7) is 2.36. The molecule has 3 amide bonds. The van der Waals surface area contributed by atoms with Gasteiger partial charge in [-0.1, -0.05) is 12.1 Å². The molecule has 1 saturated heterocycles. The van der Waals surface area contributed by atoms with E-state index in [1.165, 1.54) is 17.0 Å². The van der Waals surface area contributed by atoms with Crippen LogP contribution in [-0.2, 0) is 11.0 Å². The molecule has 0 saturated carbocycles. The van der Waals surface area contributed by atoms with Crippen LogP contribution in [0.3, 0.4) is 0 Å². The quantitative estimate of drug-likeness (QED) is 0.824. The van der Waals surface area contributed by atoms with E-state index in [0.717, 1.165) is 18.2 Å². The maximum Gasteiger partial charge on any atom is 0.416 e. The molecule has 0 aliphatic carbocycles. The Balaban J connectivity index is 1.81. The average Bonchev–Trinajstić information content (AvgIpc) is 2.68. The van der Waals surface area contributed by atoms with Gasteiger partial charge in [-0.05, 0) is 42.8 Å². The van der Waals surface area contributed by atoms with Gasteiger partial charge in [0.2, 0.25) is 5.91 Å². The van der Waals surface area contributed by atoms with Crippen molar-refractivity contribution in [3.8, 4) is 0 Å². The molecule has 1 aliphatic heterocycles. The van der Waals surface area contributed by atoms with Gasteiger partial charge >= 0.3 is 6.18 Å². The number of alkyl halides is 3. The lowest BCUT2D eigenvalue weighted by atomic mass is 10.1. The van der Waals surface area contributed by atoms with Gasteiger partial charge in [-0.25, -0.2) is 0 Å². The molecule has 2 N–H and O–H groups in total. The van der Waals surface area contributed by atoms with Crippen molar-refractivity contribution in [3.05, 3.63) is 64.7 Å². The molecular formula is C20H18F3N3O3. The molecule has 1 fully saturated rings. The molecule has 0 radical (unpaired) electrons. The maximum absolute atomic E-state index is 12.9. The Morgan fingerprint density at radius 2 is 1.86 bits per heavy atom. The molecule has 0 aromatic heterocycles. The lowest BCUT2D eigenvalue weighted by Gasteiger charge is -2.27. The number of nitrogens with one attached hydrogen (secondary N) is 2. The normalized spacial score (nSPS) is 14.3. The van der Waals surface area contributed by atoms with Gasteiger partial charge < -0.3 is 15.5 Å². The fourth-order valence-electron chi connectivity index (χ4n) is 2.92. The van der Waals surface area contributed by atoms with E-state index in [4.69, 9.17) is 0 Å². The fraction of sp³-hybridized carbons (Fsp3) is 0.250. The van der Waals surface area contributed by atoms with Crippen LogP contribution in [0.1, 0.15) is 31.8 Å². The smallest absolute Gasteiger partial charge is 0.353 e. The van der Waals surface area contributed by atoms with E-state index in [2.05, 4.69) is 10.6 Å². The predicted molar refractivity (Wildman–Crippen MR) is 99.5 cm³/mol. The van der Waals surface area contributed by atoms with Gasteiger partial charge in [-0.15, -0.1) is 0 Å². The van der Waals surface area contributed by atoms with Crippen LogP contribution in [0.5, 0.6) is 0 Å². The molecular weight excluding hydrogens is 387 g/mol. The number of aryl methyl sites for hydroxylation is 1. The van der Waals surface area contributed by atoms with E-state index < -0.39 is 17.6 Å². The van der Waals surface area contributed by atoms with Crippen molar-refractivity contribution in [2.45, 2.75) is 13.1 Å². The number of piperazine rings is 1. The molecule has 152 valence electrons. The Kier molecular flexibility index (Phi) is 5.58. The van der Waals surface area contributed by atoms with Gasteiger partial charge in [0.05, 0.1) is 12.1 Å². The molecule has 0 spiro atoms. The SMILES string of the molecule is Cc1ccc(C(=O)N2CCNC(=O)C2)cc1NC(=O)c1cccc(C(F)(F)F)c1. The number of anilines is 1. The average molecular weight is 405 g/mol. The van der Waals surface area contributed by atoms with Crippen molar-refractivity contribution in [1.29, 1.82) is 0 Å². The number of benzene rings is 2. The summed E-state index contributed by atoms with van der Waals surface area (Å²) in [7, 11) is 0. The fourth-order valence-corrected chi connectivity index (χ4v) is 2.92. The highest BCUT2D eigenvalue weighted by Gasteiger charge is 2.31. The molecule has 0 unspecified atom stereocenters. The highest BCUT2D eigenvalue weighted by Crippen LogP contribution is 2.30. The van der Waals surface area contributed by atoms with Gasteiger partial charge in [-0.2, -0.15) is 13.2 Å². The summed E-state index contributed by atoms with van der Waals surface area (Å²) in [5, 5.41) is 5.18. The van der Waals surface area contributed by atoms with Crippen LogP contribution in [0.2, 0.25) is 0 Å². The van der Waals surface area contributed by atoms with Gasteiger partial charge in [-0.3, -0.25) is 14.4 Å². The summed E-state index contributed by atoms with van der Waals surface area (Å²) in [6.07, 6.45) is -4.56. The first-order chi connectivity index (χ1) is 13.6. The zero-order chi connectivity index (χ0) is 21.2. The molecule has 9 heteroatoms. The molecule has 1 heterocycles. The van der Waals surface area contributed by atoms with E-state index in [0.29, 0.717) is 24.3 Å². The van der Waals surface area contributed by atoms with Crippen molar-refractivity contribution in [1.82, 2.24) is 10.2 Å². The number of amides is 3. The van der Waals surface area contributed by atoms with Crippen LogP contribution in [0, 0.1) is 6.92 Å². The van der Waals surface area contributed by atoms with E-state index in [1.807, 2.05) is 0 Å². The highest BCUT2D eigenvalue weighted by molar-refractivity contribution is 6.06. The molecule has 2 aromatic carbocycles. The second kappa shape index (κ2) is 7.94. The first-order valence-electron chi connectivity index (χ1n) is 8.80. The Labute approximate surface area is 164 Å². The topological polar surface area (TPSA) is 78.5 Å². The number of rotatable bonds is 3. The molecule has 0 bridgehead atoms. The lowest BCUT2D eigenvalue weighted by Crippen LogP contribution is -2.49. The standard InChI is InChI=1S/C20H18F3N3O3/c1-12-5-6-14(19(29)26-8-7-24-17(27)11-26)10-16(12)25-18(28)13-3-2-4-15(9-13)20(21,22)23/h2-6,9-10H,7-8,11H2,1H3,(H,24,27)(H,25,28). The van der Waals surface area contributed by atoms with Gasteiger partial charge in [0.1, 0.15) is 0 Å². The first kappa shape index (κ1) is 20.4. The predicted octanol–water partition coefficient (Wildman–Crippen LogP) is 2.84. The Bertz CT molecular complexity index is 973. The minimum atomic E-state index is -4.56. The summed E-state index contributed by atoms with van der Waals surface area (Å²) in [5.41, 5.74) is 0.139. The van der Waals surface area contributed by atoms with E-state index in [-0.39, 0.29) is 29.5 Å². The van der Waals surface area contributed by atoms with Crippen LogP contribution in [-0.4, -0.2) is 42.3 Å². The summed E-state index contributed by atoms with van der Waals surface area (Å²) < 4.78 is 38.6. The van der Waals surface area contributed by atoms with E-state index in [1.54, 1.807) is 19.1 Å². The van der Waals surface area contributed by atoms with Crippen LogP contribution in [0.15, 0.2) is 42.5 Å². The number of nitrogens with zero attached hydrogens (tertiary/aromatic N) is 1. The van der Waals surface area contributed by atoms with Crippen molar-refractivity contribution >= 4 is 23.4 Å². The Hall–Kier alpha value is -3.36. The van der Waals surface area contributed by atoms with Crippen LogP contribution < -0.4 is 10.6 Å². The van der Waals surface area contributed by atoms with Gasteiger partial charge in [0, 0.05) is 29.9 Å². The number of hydrogen-bond donors (Lipinski definition) is 2. The third-order valence-electron chi connectivity index (χ3n) is 4.51. The third-order valence-corrected chi connectivity index (χ3v) is 4.51. The second-order valence-corrected chi connectivity index (χ2v) is 6.64. The maximum atomic E-state index is 12.9. The number of carbonyl (C=O) groups excluding carboxylic acids is 3. The number of halogens is 3.